The molecule has 0 heterocycles. The molecule has 6 aliphatic rings. The Balaban J connectivity index is 1.39. The van der Waals surface area contributed by atoms with Crippen molar-refractivity contribution < 1.29 is 19.1 Å². The highest BCUT2D eigenvalue weighted by molar-refractivity contribution is 5.84. The van der Waals surface area contributed by atoms with Gasteiger partial charge in [0.15, 0.2) is 0 Å². The SMILES string of the molecule is COC(=O)C1C2CC(C(C)C2C)C1C(=O)OC1(C)C2CC3CC(C2)CC1C3. The summed E-state index contributed by atoms with van der Waals surface area (Å²) in [4.78, 5) is 26.0. The maximum Gasteiger partial charge on any atom is 0.310 e. The van der Waals surface area contributed by atoms with Gasteiger partial charge in [-0.25, -0.2) is 0 Å². The lowest BCUT2D eigenvalue weighted by Gasteiger charge is -2.59. The van der Waals surface area contributed by atoms with E-state index in [0.29, 0.717) is 23.7 Å². The first-order valence-electron chi connectivity index (χ1n) is 11.1. The molecule has 150 valence electrons. The number of fused-ring (bicyclic) bond motifs is 2. The molecule has 0 aliphatic heterocycles. The zero-order chi connectivity index (χ0) is 19.1. The van der Waals surface area contributed by atoms with Crippen molar-refractivity contribution >= 4 is 11.9 Å². The van der Waals surface area contributed by atoms with Crippen LogP contribution in [0.4, 0.5) is 0 Å². The van der Waals surface area contributed by atoms with Crippen LogP contribution >= 0.6 is 0 Å². The first-order chi connectivity index (χ1) is 12.8. The third kappa shape index (κ3) is 2.40. The van der Waals surface area contributed by atoms with E-state index < -0.39 is 0 Å². The van der Waals surface area contributed by atoms with Crippen molar-refractivity contribution in [3.8, 4) is 0 Å². The molecule has 0 saturated heterocycles. The zero-order valence-electron chi connectivity index (χ0n) is 17.1. The monoisotopic (exact) mass is 374 g/mol. The summed E-state index contributed by atoms with van der Waals surface area (Å²) < 4.78 is 11.5. The number of methoxy groups -OCH3 is 1. The smallest absolute Gasteiger partial charge is 0.310 e. The van der Waals surface area contributed by atoms with E-state index in [-0.39, 0.29) is 41.2 Å². The summed E-state index contributed by atoms with van der Waals surface area (Å²) >= 11 is 0. The second-order valence-electron chi connectivity index (χ2n) is 10.8. The van der Waals surface area contributed by atoms with E-state index >= 15 is 0 Å². The number of carbonyl (C=O) groups excluding carboxylic acids is 2. The Labute approximate surface area is 162 Å². The predicted octanol–water partition coefficient (Wildman–Crippen LogP) is 4.07. The molecular weight excluding hydrogens is 340 g/mol. The molecule has 6 unspecified atom stereocenters. The van der Waals surface area contributed by atoms with Crippen molar-refractivity contribution in [2.45, 2.75) is 64.9 Å². The van der Waals surface area contributed by atoms with Crippen LogP contribution in [0.15, 0.2) is 0 Å². The van der Waals surface area contributed by atoms with Gasteiger partial charge in [-0.2, -0.15) is 0 Å². The molecule has 0 aromatic carbocycles. The summed E-state index contributed by atoms with van der Waals surface area (Å²) in [6.07, 6.45) is 7.25. The first kappa shape index (κ1) is 18.0. The van der Waals surface area contributed by atoms with E-state index in [0.717, 1.165) is 18.3 Å². The minimum absolute atomic E-state index is 0.105. The number of carbonyl (C=O) groups is 2. The maximum absolute atomic E-state index is 13.5. The average molecular weight is 375 g/mol. The van der Waals surface area contributed by atoms with Crippen LogP contribution in [0, 0.1) is 59.2 Å². The molecule has 4 nitrogen and oxygen atoms in total. The normalized spacial score (nSPS) is 55.0. The molecule has 6 rings (SSSR count). The Bertz CT molecular complexity index is 627. The third-order valence-corrected chi connectivity index (χ3v) is 9.86. The van der Waals surface area contributed by atoms with Gasteiger partial charge in [-0.3, -0.25) is 9.59 Å². The van der Waals surface area contributed by atoms with Gasteiger partial charge in [0, 0.05) is 0 Å². The number of rotatable bonds is 3. The highest BCUT2D eigenvalue weighted by atomic mass is 16.6. The fourth-order valence-corrected chi connectivity index (χ4v) is 8.35. The molecule has 6 bridgehead atoms. The second-order valence-corrected chi connectivity index (χ2v) is 10.8. The van der Waals surface area contributed by atoms with Gasteiger partial charge in [0.1, 0.15) is 5.60 Å². The molecule has 0 aromatic heterocycles. The minimum atomic E-state index is -0.318. The Kier molecular flexibility index (Phi) is 3.98. The quantitative estimate of drug-likeness (QED) is 0.699. The van der Waals surface area contributed by atoms with Gasteiger partial charge < -0.3 is 9.47 Å². The standard InChI is InChI=1S/C23H34O4/c1-11-12(2)18-10-17(11)19(21(24)26-4)20(18)22(25)27-23(3)15-6-13-5-14(8-15)9-16(23)7-13/h11-20H,5-10H2,1-4H3. The second kappa shape index (κ2) is 5.97. The lowest BCUT2D eigenvalue weighted by atomic mass is 9.50. The summed E-state index contributed by atoms with van der Waals surface area (Å²) in [6.45, 7) is 6.67. The van der Waals surface area contributed by atoms with Crippen LogP contribution in [0.25, 0.3) is 0 Å². The molecule has 4 heteroatoms. The molecule has 0 spiro atoms. The average Bonchev–Trinajstić information content (AvgIpc) is 3.15. The Hall–Kier alpha value is -1.06. The van der Waals surface area contributed by atoms with Gasteiger partial charge in [-0.1, -0.05) is 13.8 Å². The molecule has 0 amide bonds. The predicted molar refractivity (Wildman–Crippen MR) is 100 cm³/mol. The van der Waals surface area contributed by atoms with Gasteiger partial charge in [-0.15, -0.1) is 0 Å². The Morgan fingerprint density at radius 2 is 1.26 bits per heavy atom. The zero-order valence-corrected chi connectivity index (χ0v) is 17.1. The van der Waals surface area contributed by atoms with Gasteiger partial charge in [0.05, 0.1) is 18.9 Å². The van der Waals surface area contributed by atoms with Crippen molar-refractivity contribution in [3.05, 3.63) is 0 Å². The minimum Gasteiger partial charge on any atom is -0.469 e. The lowest BCUT2D eigenvalue weighted by molar-refractivity contribution is -0.211. The van der Waals surface area contributed by atoms with Gasteiger partial charge >= 0.3 is 11.9 Å². The molecule has 0 N–H and O–H groups in total. The largest absolute Gasteiger partial charge is 0.469 e. The summed E-state index contributed by atoms with van der Waals surface area (Å²) in [5.41, 5.74) is -0.318. The van der Waals surface area contributed by atoms with Crippen LogP contribution < -0.4 is 0 Å². The summed E-state index contributed by atoms with van der Waals surface area (Å²) in [5, 5.41) is 0. The van der Waals surface area contributed by atoms with Gasteiger partial charge in [0.25, 0.3) is 0 Å². The highest BCUT2D eigenvalue weighted by Gasteiger charge is 2.63. The first-order valence-corrected chi connectivity index (χ1v) is 11.1. The highest BCUT2D eigenvalue weighted by Crippen LogP contribution is 2.62. The number of esters is 2. The topological polar surface area (TPSA) is 52.6 Å². The van der Waals surface area contributed by atoms with Crippen molar-refractivity contribution in [3.63, 3.8) is 0 Å². The third-order valence-electron chi connectivity index (χ3n) is 9.86. The van der Waals surface area contributed by atoms with Crippen LogP contribution in [-0.4, -0.2) is 24.6 Å². The van der Waals surface area contributed by atoms with E-state index in [1.54, 1.807) is 0 Å². The molecule has 6 atom stereocenters. The van der Waals surface area contributed by atoms with Crippen LogP contribution in [0.1, 0.15) is 59.3 Å². The fraction of sp³-hybridized carbons (Fsp3) is 0.913. The van der Waals surface area contributed by atoms with E-state index in [2.05, 4.69) is 20.8 Å². The number of hydrogen-bond donors (Lipinski definition) is 0. The van der Waals surface area contributed by atoms with Crippen molar-refractivity contribution in [1.29, 1.82) is 0 Å². The van der Waals surface area contributed by atoms with E-state index in [9.17, 15) is 9.59 Å². The van der Waals surface area contributed by atoms with E-state index in [1.165, 1.54) is 39.2 Å². The number of ether oxygens (including phenoxy) is 2. The fourth-order valence-electron chi connectivity index (χ4n) is 8.35. The van der Waals surface area contributed by atoms with Crippen LogP contribution in [-0.2, 0) is 19.1 Å². The Morgan fingerprint density at radius 1 is 0.778 bits per heavy atom. The molecule has 0 radical (unpaired) electrons. The van der Waals surface area contributed by atoms with Crippen molar-refractivity contribution in [2.75, 3.05) is 7.11 Å². The summed E-state index contributed by atoms with van der Waals surface area (Å²) in [7, 11) is 1.45. The Morgan fingerprint density at radius 3 is 1.74 bits per heavy atom. The molecule has 6 aliphatic carbocycles. The van der Waals surface area contributed by atoms with E-state index in [1.807, 2.05) is 0 Å². The molecular formula is C23H34O4. The van der Waals surface area contributed by atoms with Crippen LogP contribution in [0.2, 0.25) is 0 Å². The molecule has 27 heavy (non-hydrogen) atoms. The summed E-state index contributed by atoms with van der Waals surface area (Å²) in [5.74, 6) is 3.29. The lowest BCUT2D eigenvalue weighted by Crippen LogP contribution is -2.59. The maximum atomic E-state index is 13.5. The van der Waals surface area contributed by atoms with Gasteiger partial charge in [-0.05, 0) is 92.8 Å². The van der Waals surface area contributed by atoms with Crippen molar-refractivity contribution in [1.82, 2.24) is 0 Å². The molecule has 6 fully saturated rings. The number of hydrogen-bond acceptors (Lipinski definition) is 4. The van der Waals surface area contributed by atoms with Crippen molar-refractivity contribution in [2.24, 2.45) is 59.2 Å². The summed E-state index contributed by atoms with van der Waals surface area (Å²) in [6, 6.07) is 0. The molecule has 0 aromatic rings. The van der Waals surface area contributed by atoms with Crippen LogP contribution in [0.3, 0.4) is 0 Å². The van der Waals surface area contributed by atoms with Gasteiger partial charge in [0.2, 0.25) is 0 Å². The van der Waals surface area contributed by atoms with Crippen LogP contribution in [0.5, 0.6) is 0 Å². The molecule has 6 saturated carbocycles. The van der Waals surface area contributed by atoms with E-state index in [4.69, 9.17) is 9.47 Å².